The molecule has 5 aromatic rings. The molecule has 1 N–H and O–H groups in total. The Morgan fingerprint density at radius 2 is 1.28 bits per heavy atom. The van der Waals surface area contributed by atoms with Gasteiger partial charge in [0.05, 0.1) is 11.7 Å². The standard InChI is InChI=1S/C43H42ClNO5/c1-28-23-25-31(26-24-28)43(30-15-7-6-8-16-30,37-21-13-14-22-38(37)44)50-40(46)39(29(2)49-42(3,4)5)45-41(47)48-27-36-34-19-11-9-17-32(34)33-18-10-12-20-35(33)36/h6-26,29,36,39H,27H2,1-5H3,(H,45,47)/t29-,39+,43?/m0/s1. The second-order valence-corrected chi connectivity index (χ2v) is 14.1. The van der Waals surface area contributed by atoms with Gasteiger partial charge in [-0.1, -0.05) is 138 Å². The van der Waals surface area contributed by atoms with Gasteiger partial charge in [-0.05, 0) is 62.9 Å². The van der Waals surface area contributed by atoms with Crippen molar-refractivity contribution in [2.24, 2.45) is 0 Å². The van der Waals surface area contributed by atoms with Gasteiger partial charge >= 0.3 is 12.1 Å². The molecule has 3 atom stereocenters. The van der Waals surface area contributed by atoms with Crippen LogP contribution in [0.2, 0.25) is 5.02 Å². The van der Waals surface area contributed by atoms with Crippen molar-refractivity contribution in [3.63, 3.8) is 0 Å². The second-order valence-electron chi connectivity index (χ2n) is 13.7. The van der Waals surface area contributed by atoms with E-state index < -0.39 is 35.4 Å². The molecule has 0 fully saturated rings. The summed E-state index contributed by atoms with van der Waals surface area (Å²) >= 11 is 6.91. The van der Waals surface area contributed by atoms with Crippen molar-refractivity contribution in [1.29, 1.82) is 0 Å². The highest BCUT2D eigenvalue weighted by molar-refractivity contribution is 6.31. The minimum atomic E-state index is -1.47. The smallest absolute Gasteiger partial charge is 0.407 e. The Bertz CT molecular complexity index is 1920. The van der Waals surface area contributed by atoms with Crippen LogP contribution < -0.4 is 5.32 Å². The minimum Gasteiger partial charge on any atom is -0.449 e. The number of hydrogen-bond acceptors (Lipinski definition) is 5. The third-order valence-electron chi connectivity index (χ3n) is 9.03. The molecule has 1 amide bonds. The van der Waals surface area contributed by atoms with E-state index in [-0.39, 0.29) is 12.5 Å². The maximum Gasteiger partial charge on any atom is 0.407 e. The fraction of sp³-hybridized carbons (Fsp3) is 0.256. The first-order chi connectivity index (χ1) is 24.0. The number of nitrogens with one attached hydrogen (secondary N) is 1. The van der Waals surface area contributed by atoms with E-state index in [4.69, 9.17) is 25.8 Å². The first kappa shape index (κ1) is 34.9. The van der Waals surface area contributed by atoms with Crippen LogP contribution in [0.1, 0.15) is 67.0 Å². The van der Waals surface area contributed by atoms with E-state index in [1.807, 2.05) is 125 Å². The Morgan fingerprint density at radius 1 is 0.740 bits per heavy atom. The number of carbonyl (C=O) groups excluding carboxylic acids is 2. The third-order valence-corrected chi connectivity index (χ3v) is 9.35. The Hall–Kier alpha value is -4.91. The van der Waals surface area contributed by atoms with Crippen molar-refractivity contribution in [3.8, 4) is 11.1 Å². The molecule has 50 heavy (non-hydrogen) atoms. The monoisotopic (exact) mass is 687 g/mol. The van der Waals surface area contributed by atoms with Crippen LogP contribution in [0, 0.1) is 6.92 Å². The SMILES string of the molecule is Cc1ccc(C(OC(=O)[C@H](NC(=O)OCC2c3ccccc3-c3ccccc32)[C@H](C)OC(C)(C)C)(c2ccccc2)c2ccccc2Cl)cc1. The van der Waals surface area contributed by atoms with Crippen molar-refractivity contribution in [2.75, 3.05) is 6.61 Å². The lowest BCUT2D eigenvalue weighted by atomic mass is 9.79. The molecular formula is C43H42ClNO5. The number of ether oxygens (including phenoxy) is 3. The van der Waals surface area contributed by atoms with E-state index in [1.165, 1.54) is 0 Å². The van der Waals surface area contributed by atoms with Crippen LogP contribution in [0.25, 0.3) is 11.1 Å². The van der Waals surface area contributed by atoms with Crippen molar-refractivity contribution < 1.29 is 23.8 Å². The highest BCUT2D eigenvalue weighted by Gasteiger charge is 2.45. The highest BCUT2D eigenvalue weighted by atomic mass is 35.5. The molecule has 1 unspecified atom stereocenters. The summed E-state index contributed by atoms with van der Waals surface area (Å²) in [5.41, 5.74) is 5.34. The first-order valence-corrected chi connectivity index (χ1v) is 17.3. The van der Waals surface area contributed by atoms with Gasteiger partial charge in [0.1, 0.15) is 6.61 Å². The Labute approximate surface area is 299 Å². The van der Waals surface area contributed by atoms with Gasteiger partial charge in [-0.15, -0.1) is 0 Å². The highest BCUT2D eigenvalue weighted by Crippen LogP contribution is 2.45. The van der Waals surface area contributed by atoms with Crippen LogP contribution in [0.5, 0.6) is 0 Å². The summed E-state index contributed by atoms with van der Waals surface area (Å²) in [5, 5.41) is 3.24. The number of halogens is 1. The van der Waals surface area contributed by atoms with E-state index >= 15 is 0 Å². The van der Waals surface area contributed by atoms with Crippen molar-refractivity contribution in [3.05, 3.63) is 166 Å². The second kappa shape index (κ2) is 14.5. The van der Waals surface area contributed by atoms with Gasteiger partial charge in [0, 0.05) is 27.6 Å². The number of carbonyl (C=O) groups is 2. The number of esters is 1. The Kier molecular flexibility index (Phi) is 10.1. The zero-order chi connectivity index (χ0) is 35.5. The van der Waals surface area contributed by atoms with Gasteiger partial charge in [-0.25, -0.2) is 9.59 Å². The molecule has 0 aromatic heterocycles. The number of hydrogen-bond donors (Lipinski definition) is 1. The molecule has 6 rings (SSSR count). The van der Waals surface area contributed by atoms with Crippen LogP contribution in [0.15, 0.2) is 127 Å². The maximum absolute atomic E-state index is 14.7. The number of rotatable bonds is 10. The summed E-state index contributed by atoms with van der Waals surface area (Å²) in [5.74, 6) is -0.853. The Morgan fingerprint density at radius 3 is 1.88 bits per heavy atom. The van der Waals surface area contributed by atoms with Crippen molar-refractivity contribution in [2.45, 2.75) is 63.9 Å². The molecule has 7 heteroatoms. The summed E-state index contributed by atoms with van der Waals surface area (Å²) in [6, 6.07) is 39.6. The first-order valence-electron chi connectivity index (χ1n) is 16.9. The van der Waals surface area contributed by atoms with Crippen molar-refractivity contribution in [1.82, 2.24) is 5.32 Å². The summed E-state index contributed by atoms with van der Waals surface area (Å²) in [4.78, 5) is 28.4. The molecular weight excluding hydrogens is 646 g/mol. The molecule has 1 aliphatic rings. The molecule has 0 saturated carbocycles. The minimum absolute atomic E-state index is 0.0904. The fourth-order valence-electron chi connectivity index (χ4n) is 6.83. The predicted octanol–water partition coefficient (Wildman–Crippen LogP) is 9.59. The van der Waals surface area contributed by atoms with E-state index in [0.29, 0.717) is 21.7 Å². The van der Waals surface area contributed by atoms with Gasteiger partial charge in [0.25, 0.3) is 0 Å². The zero-order valence-corrected chi connectivity index (χ0v) is 29.7. The van der Waals surface area contributed by atoms with Crippen LogP contribution in [-0.4, -0.2) is 36.4 Å². The van der Waals surface area contributed by atoms with Gasteiger partial charge in [-0.3, -0.25) is 0 Å². The van der Waals surface area contributed by atoms with Crippen LogP contribution >= 0.6 is 11.6 Å². The van der Waals surface area contributed by atoms with E-state index in [0.717, 1.165) is 27.8 Å². The molecule has 256 valence electrons. The predicted molar refractivity (Wildman–Crippen MR) is 197 cm³/mol. The van der Waals surface area contributed by atoms with Gasteiger partial charge in [0.15, 0.2) is 11.6 Å². The van der Waals surface area contributed by atoms with Gasteiger partial charge in [0.2, 0.25) is 0 Å². The molecule has 0 radical (unpaired) electrons. The van der Waals surface area contributed by atoms with E-state index in [2.05, 4.69) is 29.6 Å². The average Bonchev–Trinajstić information content (AvgIpc) is 3.42. The van der Waals surface area contributed by atoms with Crippen LogP contribution in [-0.2, 0) is 24.6 Å². The number of amides is 1. The topological polar surface area (TPSA) is 73.9 Å². The van der Waals surface area contributed by atoms with Crippen molar-refractivity contribution >= 4 is 23.7 Å². The molecule has 1 aliphatic carbocycles. The summed E-state index contributed by atoms with van der Waals surface area (Å²) < 4.78 is 18.9. The van der Waals surface area contributed by atoms with E-state index in [9.17, 15) is 9.59 Å². The number of alkyl carbamates (subject to hydrolysis) is 1. The molecule has 6 nitrogen and oxygen atoms in total. The zero-order valence-electron chi connectivity index (χ0n) is 29.0. The Balaban J connectivity index is 1.35. The normalized spacial score (nSPS) is 14.8. The van der Waals surface area contributed by atoms with Crippen LogP contribution in [0.3, 0.4) is 0 Å². The lowest BCUT2D eigenvalue weighted by Gasteiger charge is -2.38. The molecule has 0 bridgehead atoms. The lowest BCUT2D eigenvalue weighted by Crippen LogP contribution is -2.53. The lowest BCUT2D eigenvalue weighted by molar-refractivity contribution is -0.163. The number of benzene rings is 5. The summed E-state index contributed by atoms with van der Waals surface area (Å²) in [7, 11) is 0. The van der Waals surface area contributed by atoms with Crippen LogP contribution in [0.4, 0.5) is 4.79 Å². The molecule has 5 aromatic carbocycles. The quantitative estimate of drug-likeness (QED) is 0.117. The maximum atomic E-state index is 14.7. The largest absolute Gasteiger partial charge is 0.449 e. The third kappa shape index (κ3) is 7.18. The molecule has 0 spiro atoms. The van der Waals surface area contributed by atoms with Gasteiger partial charge < -0.3 is 19.5 Å². The van der Waals surface area contributed by atoms with Gasteiger partial charge in [-0.2, -0.15) is 0 Å². The molecule has 0 heterocycles. The summed E-state index contributed by atoms with van der Waals surface area (Å²) in [6.07, 6.45) is -1.54. The molecule has 0 saturated heterocycles. The summed E-state index contributed by atoms with van der Waals surface area (Å²) in [6.45, 7) is 9.51. The average molecular weight is 688 g/mol. The van der Waals surface area contributed by atoms with E-state index in [1.54, 1.807) is 13.0 Å². The number of aryl methyl sites for hydroxylation is 1. The molecule has 0 aliphatic heterocycles. The number of fused-ring (bicyclic) bond motifs is 3. The fourth-order valence-corrected chi connectivity index (χ4v) is 7.10.